The predicted molar refractivity (Wildman–Crippen MR) is 110 cm³/mol. The highest BCUT2D eigenvalue weighted by Crippen LogP contribution is 2.34. The summed E-state index contributed by atoms with van der Waals surface area (Å²) in [5.74, 6) is -0.594. The lowest BCUT2D eigenvalue weighted by atomic mass is 9.83. The van der Waals surface area contributed by atoms with Crippen LogP contribution in [0.5, 0.6) is 0 Å². The van der Waals surface area contributed by atoms with Crippen molar-refractivity contribution < 1.29 is 31.1 Å². The first-order valence-corrected chi connectivity index (χ1v) is 12.4. The average Bonchev–Trinajstić information content (AvgIpc) is 3.07. The third-order valence-corrected chi connectivity index (χ3v) is 6.76. The van der Waals surface area contributed by atoms with Crippen LogP contribution >= 0.6 is 0 Å². The number of carbonyl (C=O) groups is 1. The molecule has 1 aromatic carbocycles. The lowest BCUT2D eigenvalue weighted by Crippen LogP contribution is -2.50. The lowest BCUT2D eigenvalue weighted by molar-refractivity contribution is -0.163. The number of amides is 1. The summed E-state index contributed by atoms with van der Waals surface area (Å²) in [5, 5.41) is 0. The van der Waals surface area contributed by atoms with Gasteiger partial charge in [-0.3, -0.25) is 4.79 Å². The highest BCUT2D eigenvalue weighted by molar-refractivity contribution is 7.88. The van der Waals surface area contributed by atoms with Crippen molar-refractivity contribution in [3.8, 4) is 0 Å². The Morgan fingerprint density at radius 1 is 1.13 bits per heavy atom. The molecule has 2 atom stereocenters. The van der Waals surface area contributed by atoms with Gasteiger partial charge in [-0.1, -0.05) is 30.3 Å². The van der Waals surface area contributed by atoms with Crippen molar-refractivity contribution >= 4 is 15.9 Å². The number of benzene rings is 1. The molecular weight excluding hydrogens is 433 g/mol. The topological polar surface area (TPSA) is 75.7 Å². The van der Waals surface area contributed by atoms with Crippen molar-refractivity contribution in [3.05, 3.63) is 35.9 Å². The Morgan fingerprint density at radius 3 is 2.35 bits per heavy atom. The Kier molecular flexibility index (Phi) is 7.64. The summed E-state index contributed by atoms with van der Waals surface area (Å²) in [6, 6.07) is 8.81. The second-order valence-electron chi connectivity index (χ2n) is 8.45. The predicted octanol–water partition coefficient (Wildman–Crippen LogP) is 3.20. The number of alkyl halides is 3. The van der Waals surface area contributed by atoms with E-state index in [-0.39, 0.29) is 25.7 Å². The highest BCUT2D eigenvalue weighted by atomic mass is 32.2. The van der Waals surface area contributed by atoms with Gasteiger partial charge < -0.3 is 9.64 Å². The van der Waals surface area contributed by atoms with Gasteiger partial charge in [-0.05, 0) is 43.6 Å². The lowest BCUT2D eigenvalue weighted by Gasteiger charge is -2.33. The number of sulfonamides is 1. The number of hydrogen-bond acceptors (Lipinski definition) is 4. The van der Waals surface area contributed by atoms with E-state index in [1.807, 2.05) is 18.2 Å². The summed E-state index contributed by atoms with van der Waals surface area (Å²) < 4.78 is 70.0. The SMILES string of the molecule is CS(=O)(=O)NC1CCN(C(=O)CC(F)(F)F)C1CO[C@H]1CC[C@@H](c2ccccc2)CC1. The van der Waals surface area contributed by atoms with Crippen LogP contribution in [0.3, 0.4) is 0 Å². The van der Waals surface area contributed by atoms with Gasteiger partial charge >= 0.3 is 6.18 Å². The number of carbonyl (C=O) groups excluding carboxylic acids is 1. The number of halogens is 3. The van der Waals surface area contributed by atoms with E-state index in [9.17, 15) is 26.4 Å². The van der Waals surface area contributed by atoms with Gasteiger partial charge in [0.1, 0.15) is 6.42 Å². The van der Waals surface area contributed by atoms with Gasteiger partial charge in [-0.25, -0.2) is 13.1 Å². The maximum Gasteiger partial charge on any atom is 0.397 e. The van der Waals surface area contributed by atoms with Gasteiger partial charge in [0.05, 0.1) is 25.0 Å². The second kappa shape index (κ2) is 9.87. The molecule has 0 bridgehead atoms. The summed E-state index contributed by atoms with van der Waals surface area (Å²) in [4.78, 5) is 13.3. The zero-order valence-corrected chi connectivity index (χ0v) is 18.3. The molecule has 174 valence electrons. The average molecular weight is 463 g/mol. The molecule has 1 aliphatic heterocycles. The molecule has 1 heterocycles. The van der Waals surface area contributed by atoms with Crippen molar-refractivity contribution in [3.63, 3.8) is 0 Å². The number of hydrogen-bond donors (Lipinski definition) is 1. The van der Waals surface area contributed by atoms with Gasteiger partial charge in [0.25, 0.3) is 0 Å². The minimum Gasteiger partial charge on any atom is -0.376 e. The van der Waals surface area contributed by atoms with Gasteiger partial charge in [-0.15, -0.1) is 0 Å². The molecular formula is C21H29F3N2O4S. The van der Waals surface area contributed by atoms with E-state index in [1.54, 1.807) is 0 Å². The molecule has 1 aliphatic carbocycles. The molecule has 31 heavy (non-hydrogen) atoms. The Bertz CT molecular complexity index is 840. The van der Waals surface area contributed by atoms with Crippen LogP contribution in [0.1, 0.15) is 50.0 Å². The van der Waals surface area contributed by atoms with Crippen molar-refractivity contribution in [1.29, 1.82) is 0 Å². The van der Waals surface area contributed by atoms with Crippen molar-refractivity contribution in [2.75, 3.05) is 19.4 Å². The van der Waals surface area contributed by atoms with Crippen LogP contribution in [0, 0.1) is 0 Å². The molecule has 0 aromatic heterocycles. The Hall–Kier alpha value is -1.65. The highest BCUT2D eigenvalue weighted by Gasteiger charge is 2.42. The van der Waals surface area contributed by atoms with Crippen LogP contribution in [0.15, 0.2) is 30.3 Å². The maximum absolute atomic E-state index is 12.7. The monoisotopic (exact) mass is 462 g/mol. The van der Waals surface area contributed by atoms with Crippen LogP contribution < -0.4 is 4.72 Å². The molecule has 0 radical (unpaired) electrons. The van der Waals surface area contributed by atoms with Crippen LogP contribution in [0.25, 0.3) is 0 Å². The summed E-state index contributed by atoms with van der Waals surface area (Å²) in [5.41, 5.74) is 1.29. The first-order chi connectivity index (χ1) is 14.5. The summed E-state index contributed by atoms with van der Waals surface area (Å²) in [6.45, 7) is 0.0777. The van der Waals surface area contributed by atoms with Crippen molar-refractivity contribution in [2.24, 2.45) is 0 Å². The molecule has 2 unspecified atom stereocenters. The molecule has 3 rings (SSSR count). The quantitative estimate of drug-likeness (QED) is 0.675. The van der Waals surface area contributed by atoms with E-state index in [1.165, 1.54) is 5.56 Å². The van der Waals surface area contributed by atoms with E-state index < -0.39 is 40.6 Å². The van der Waals surface area contributed by atoms with Gasteiger partial charge in [0, 0.05) is 12.6 Å². The number of nitrogens with one attached hydrogen (secondary N) is 1. The van der Waals surface area contributed by atoms with Crippen LogP contribution in [0.4, 0.5) is 13.2 Å². The maximum atomic E-state index is 12.7. The molecule has 10 heteroatoms. The Labute approximate surface area is 181 Å². The summed E-state index contributed by atoms with van der Waals surface area (Å²) in [7, 11) is -3.57. The smallest absolute Gasteiger partial charge is 0.376 e. The van der Waals surface area contributed by atoms with Crippen molar-refractivity contribution in [2.45, 2.75) is 68.8 Å². The Morgan fingerprint density at radius 2 is 1.77 bits per heavy atom. The molecule has 1 aromatic rings. The minimum absolute atomic E-state index is 0.0114. The fourth-order valence-electron chi connectivity index (χ4n) is 4.58. The van der Waals surface area contributed by atoms with Crippen LogP contribution in [0.2, 0.25) is 0 Å². The molecule has 2 aliphatic rings. The third-order valence-electron chi connectivity index (χ3n) is 6.03. The number of rotatable bonds is 7. The molecule has 1 amide bonds. The zero-order valence-electron chi connectivity index (χ0n) is 17.5. The van der Waals surface area contributed by atoms with Crippen molar-refractivity contribution in [1.82, 2.24) is 9.62 Å². The first kappa shape index (κ1) is 24.0. The fourth-order valence-corrected chi connectivity index (χ4v) is 5.40. The van der Waals surface area contributed by atoms with E-state index in [4.69, 9.17) is 4.74 Å². The summed E-state index contributed by atoms with van der Waals surface area (Å²) in [6.07, 6.45) is -1.46. The molecule has 1 saturated heterocycles. The molecule has 1 N–H and O–H groups in total. The van der Waals surface area contributed by atoms with E-state index in [0.29, 0.717) is 5.92 Å². The van der Waals surface area contributed by atoms with Gasteiger partial charge in [0.15, 0.2) is 0 Å². The molecule has 6 nitrogen and oxygen atoms in total. The Balaban J connectivity index is 1.59. The van der Waals surface area contributed by atoms with Gasteiger partial charge in [-0.2, -0.15) is 13.2 Å². The fraction of sp³-hybridized carbons (Fsp3) is 0.667. The van der Waals surface area contributed by atoms with E-state index >= 15 is 0 Å². The van der Waals surface area contributed by atoms with E-state index in [2.05, 4.69) is 16.9 Å². The van der Waals surface area contributed by atoms with Gasteiger partial charge in [0.2, 0.25) is 15.9 Å². The van der Waals surface area contributed by atoms with E-state index in [0.717, 1.165) is 36.8 Å². The standard InChI is InChI=1S/C21H29F3N2O4S/c1-31(28,29)25-18-11-12-26(20(27)13-21(22,23)24)19(18)14-30-17-9-7-16(8-10-17)15-5-3-2-4-6-15/h2-6,16-19,25H,7-14H2,1H3/t16-,17+,18?,19?. The largest absolute Gasteiger partial charge is 0.397 e. The second-order valence-corrected chi connectivity index (χ2v) is 10.2. The van der Waals surface area contributed by atoms with Crippen LogP contribution in [-0.4, -0.2) is 63.0 Å². The molecule has 2 fully saturated rings. The number of likely N-dealkylation sites (tertiary alicyclic amines) is 1. The molecule has 0 spiro atoms. The third kappa shape index (κ3) is 7.18. The number of ether oxygens (including phenoxy) is 1. The summed E-state index contributed by atoms with van der Waals surface area (Å²) >= 11 is 0. The minimum atomic E-state index is -4.61. The first-order valence-electron chi connectivity index (χ1n) is 10.5. The molecule has 1 saturated carbocycles. The number of nitrogens with zero attached hydrogens (tertiary/aromatic N) is 1. The normalized spacial score (nSPS) is 27.4. The zero-order chi connectivity index (χ0) is 22.6. The van der Waals surface area contributed by atoms with Crippen LogP contribution in [-0.2, 0) is 19.6 Å².